The third kappa shape index (κ3) is 13.9. The Morgan fingerprint density at radius 3 is 2.06 bits per heavy atom. The molecule has 2 heteroatoms. The van der Waals surface area contributed by atoms with Gasteiger partial charge >= 0.3 is 0 Å². The van der Waals surface area contributed by atoms with E-state index in [1.54, 1.807) is 0 Å². The maximum atomic E-state index is 3.53. The smallest absolute Gasteiger partial charge is 0.0104 e. The van der Waals surface area contributed by atoms with Crippen molar-refractivity contribution in [2.75, 3.05) is 26.7 Å². The summed E-state index contributed by atoms with van der Waals surface area (Å²) in [4.78, 5) is 2.44. The monoisotopic (exact) mass is 242 g/mol. The fraction of sp³-hybridized carbons (Fsp3) is 1.00. The van der Waals surface area contributed by atoms with Gasteiger partial charge in [-0.1, -0.05) is 39.0 Å². The van der Waals surface area contributed by atoms with Gasteiger partial charge < -0.3 is 10.2 Å². The molecule has 2 nitrogen and oxygen atoms in total. The van der Waals surface area contributed by atoms with Crippen molar-refractivity contribution in [2.45, 2.75) is 71.8 Å². The standard InChI is InChI=1S/C15H34N2/c1-6-7-8-9-10-11-13-17(5)14-12-16-15(2,3)4/h16H,6-14H2,1-5H3. The highest BCUT2D eigenvalue weighted by atomic mass is 15.1. The zero-order chi connectivity index (χ0) is 13.1. The molecule has 0 unspecified atom stereocenters. The van der Waals surface area contributed by atoms with Gasteiger partial charge in [-0.05, 0) is 40.8 Å². The molecule has 104 valence electrons. The lowest BCUT2D eigenvalue weighted by atomic mass is 10.1. The van der Waals surface area contributed by atoms with Gasteiger partial charge in [-0.2, -0.15) is 0 Å². The molecule has 0 aromatic rings. The van der Waals surface area contributed by atoms with Crippen molar-refractivity contribution in [1.82, 2.24) is 10.2 Å². The zero-order valence-corrected chi connectivity index (χ0v) is 12.8. The van der Waals surface area contributed by atoms with Gasteiger partial charge in [0.2, 0.25) is 0 Å². The Morgan fingerprint density at radius 1 is 0.882 bits per heavy atom. The predicted molar refractivity (Wildman–Crippen MR) is 78.6 cm³/mol. The maximum absolute atomic E-state index is 3.53. The molecule has 0 fully saturated rings. The Hall–Kier alpha value is -0.0800. The second-order valence-electron chi connectivity index (χ2n) is 6.25. The van der Waals surface area contributed by atoms with E-state index in [4.69, 9.17) is 0 Å². The second kappa shape index (κ2) is 9.90. The normalized spacial score (nSPS) is 12.4. The maximum Gasteiger partial charge on any atom is 0.0104 e. The van der Waals surface area contributed by atoms with Gasteiger partial charge in [0.15, 0.2) is 0 Å². The third-order valence-corrected chi connectivity index (χ3v) is 3.04. The van der Waals surface area contributed by atoms with Crippen LogP contribution in [0, 0.1) is 0 Å². The van der Waals surface area contributed by atoms with E-state index in [-0.39, 0.29) is 5.54 Å². The van der Waals surface area contributed by atoms with Crippen LogP contribution in [0.3, 0.4) is 0 Å². The topological polar surface area (TPSA) is 15.3 Å². The van der Waals surface area contributed by atoms with Crippen LogP contribution in [-0.2, 0) is 0 Å². The van der Waals surface area contributed by atoms with Crippen molar-refractivity contribution in [3.8, 4) is 0 Å². The molecule has 0 rings (SSSR count). The van der Waals surface area contributed by atoms with Crippen LogP contribution in [0.5, 0.6) is 0 Å². The van der Waals surface area contributed by atoms with Crippen molar-refractivity contribution < 1.29 is 0 Å². The number of hydrogen-bond donors (Lipinski definition) is 1. The first-order valence-corrected chi connectivity index (χ1v) is 7.39. The first kappa shape index (κ1) is 16.9. The summed E-state index contributed by atoms with van der Waals surface area (Å²) in [5.74, 6) is 0. The fourth-order valence-corrected chi connectivity index (χ4v) is 1.90. The molecule has 17 heavy (non-hydrogen) atoms. The van der Waals surface area contributed by atoms with Crippen molar-refractivity contribution >= 4 is 0 Å². The summed E-state index contributed by atoms with van der Waals surface area (Å²) < 4.78 is 0. The van der Waals surface area contributed by atoms with E-state index < -0.39 is 0 Å². The van der Waals surface area contributed by atoms with Gasteiger partial charge in [-0.15, -0.1) is 0 Å². The van der Waals surface area contributed by atoms with Crippen LogP contribution in [0.4, 0.5) is 0 Å². The van der Waals surface area contributed by atoms with E-state index in [9.17, 15) is 0 Å². The van der Waals surface area contributed by atoms with Crippen molar-refractivity contribution in [3.63, 3.8) is 0 Å². The molecular formula is C15H34N2. The Kier molecular flexibility index (Phi) is 9.85. The van der Waals surface area contributed by atoms with Crippen molar-refractivity contribution in [3.05, 3.63) is 0 Å². The van der Waals surface area contributed by atoms with E-state index >= 15 is 0 Å². The van der Waals surface area contributed by atoms with E-state index in [2.05, 4.69) is 45.0 Å². The van der Waals surface area contributed by atoms with Crippen LogP contribution in [0.1, 0.15) is 66.2 Å². The van der Waals surface area contributed by atoms with E-state index in [0.29, 0.717) is 0 Å². The first-order valence-electron chi connectivity index (χ1n) is 7.39. The molecule has 0 saturated carbocycles. The summed E-state index contributed by atoms with van der Waals surface area (Å²) in [6.45, 7) is 12.4. The van der Waals surface area contributed by atoms with Crippen molar-refractivity contribution in [2.24, 2.45) is 0 Å². The average Bonchev–Trinajstić information content (AvgIpc) is 2.21. The van der Waals surface area contributed by atoms with Gasteiger partial charge in [0.1, 0.15) is 0 Å². The highest BCUT2D eigenvalue weighted by molar-refractivity contribution is 4.70. The number of nitrogens with one attached hydrogen (secondary N) is 1. The number of unbranched alkanes of at least 4 members (excludes halogenated alkanes) is 5. The number of nitrogens with zero attached hydrogens (tertiary/aromatic N) is 1. The predicted octanol–water partition coefficient (Wildman–Crippen LogP) is 3.67. The van der Waals surface area contributed by atoms with Gasteiger partial charge in [0, 0.05) is 18.6 Å². The third-order valence-electron chi connectivity index (χ3n) is 3.04. The highest BCUT2D eigenvalue weighted by Crippen LogP contribution is 2.05. The average molecular weight is 242 g/mol. The number of rotatable bonds is 10. The van der Waals surface area contributed by atoms with Gasteiger partial charge in [0.05, 0.1) is 0 Å². The quantitative estimate of drug-likeness (QED) is 0.588. The van der Waals surface area contributed by atoms with Crippen molar-refractivity contribution in [1.29, 1.82) is 0 Å². The lowest BCUT2D eigenvalue weighted by Gasteiger charge is -2.23. The molecule has 0 saturated heterocycles. The van der Waals surface area contributed by atoms with Gasteiger partial charge in [0.25, 0.3) is 0 Å². The Morgan fingerprint density at radius 2 is 1.47 bits per heavy atom. The van der Waals surface area contributed by atoms with E-state index in [0.717, 1.165) is 13.1 Å². The van der Waals surface area contributed by atoms with Crippen LogP contribution in [0.25, 0.3) is 0 Å². The minimum atomic E-state index is 0.251. The molecule has 0 spiro atoms. The minimum Gasteiger partial charge on any atom is -0.311 e. The Labute approximate surface area is 109 Å². The summed E-state index contributed by atoms with van der Waals surface area (Å²) in [5.41, 5.74) is 0.251. The summed E-state index contributed by atoms with van der Waals surface area (Å²) in [7, 11) is 2.23. The summed E-state index contributed by atoms with van der Waals surface area (Å²) in [6.07, 6.45) is 8.35. The molecule has 0 bridgehead atoms. The van der Waals surface area contributed by atoms with Crippen LogP contribution < -0.4 is 5.32 Å². The van der Waals surface area contributed by atoms with E-state index in [1.165, 1.54) is 45.1 Å². The molecule has 0 aliphatic carbocycles. The molecule has 0 aliphatic heterocycles. The molecule has 1 N–H and O–H groups in total. The molecule has 0 atom stereocenters. The lowest BCUT2D eigenvalue weighted by Crippen LogP contribution is -2.40. The molecule has 0 heterocycles. The van der Waals surface area contributed by atoms with E-state index in [1.807, 2.05) is 0 Å². The van der Waals surface area contributed by atoms with Crippen LogP contribution >= 0.6 is 0 Å². The summed E-state index contributed by atoms with van der Waals surface area (Å²) in [5, 5.41) is 3.53. The van der Waals surface area contributed by atoms with Crippen LogP contribution in [0.15, 0.2) is 0 Å². The highest BCUT2D eigenvalue weighted by Gasteiger charge is 2.08. The Bertz CT molecular complexity index is 161. The number of hydrogen-bond acceptors (Lipinski definition) is 2. The van der Waals surface area contributed by atoms with Gasteiger partial charge in [-0.25, -0.2) is 0 Å². The minimum absolute atomic E-state index is 0.251. The van der Waals surface area contributed by atoms with Crippen LogP contribution in [0.2, 0.25) is 0 Å². The zero-order valence-electron chi connectivity index (χ0n) is 12.8. The van der Waals surface area contributed by atoms with Gasteiger partial charge in [-0.3, -0.25) is 0 Å². The molecule has 0 aromatic heterocycles. The number of likely N-dealkylation sites (N-methyl/N-ethyl adjacent to an activating group) is 1. The summed E-state index contributed by atoms with van der Waals surface area (Å²) in [6, 6.07) is 0. The second-order valence-corrected chi connectivity index (χ2v) is 6.25. The Balaban J connectivity index is 3.26. The first-order chi connectivity index (χ1) is 7.95. The SMILES string of the molecule is CCCCCCCCN(C)CCNC(C)(C)C. The summed E-state index contributed by atoms with van der Waals surface area (Å²) >= 11 is 0. The fourth-order valence-electron chi connectivity index (χ4n) is 1.90. The molecule has 0 aromatic carbocycles. The molecule has 0 amide bonds. The molecule has 0 aliphatic rings. The molecular weight excluding hydrogens is 208 g/mol. The van der Waals surface area contributed by atoms with Crippen LogP contribution in [-0.4, -0.2) is 37.1 Å². The lowest BCUT2D eigenvalue weighted by molar-refractivity contribution is 0.302. The largest absolute Gasteiger partial charge is 0.311 e. The molecule has 0 radical (unpaired) electrons.